The fraction of sp³-hybridized carbons (Fsp3) is 0.421. The molecule has 0 spiro atoms. The molecular formula is C19H26N4O2. The summed E-state index contributed by atoms with van der Waals surface area (Å²) >= 11 is 0. The molecule has 2 rings (SSSR count). The van der Waals surface area contributed by atoms with Crippen molar-refractivity contribution in [2.24, 2.45) is 5.10 Å². The number of ether oxygens (including phenoxy) is 1. The molecule has 0 saturated carbocycles. The van der Waals surface area contributed by atoms with Crippen LogP contribution >= 0.6 is 0 Å². The van der Waals surface area contributed by atoms with Gasteiger partial charge in [-0.05, 0) is 37.0 Å². The quantitative estimate of drug-likeness (QED) is 0.648. The molecule has 1 aromatic heterocycles. The van der Waals surface area contributed by atoms with Crippen LogP contribution in [0.25, 0.3) is 0 Å². The van der Waals surface area contributed by atoms with Gasteiger partial charge in [-0.3, -0.25) is 9.48 Å². The van der Waals surface area contributed by atoms with Crippen molar-refractivity contribution in [3.63, 3.8) is 0 Å². The Kier molecular flexibility index (Phi) is 5.96. The number of carbonyl (C=O) groups excluding carboxylic acids is 1. The van der Waals surface area contributed by atoms with Gasteiger partial charge in [-0.1, -0.05) is 32.9 Å². The van der Waals surface area contributed by atoms with E-state index in [-0.39, 0.29) is 17.9 Å². The molecule has 0 radical (unpaired) electrons. The van der Waals surface area contributed by atoms with E-state index < -0.39 is 0 Å². The first-order valence-electron chi connectivity index (χ1n) is 8.39. The molecule has 6 nitrogen and oxygen atoms in total. The first kappa shape index (κ1) is 18.7. The van der Waals surface area contributed by atoms with Crippen molar-refractivity contribution in [2.45, 2.75) is 46.6 Å². The largest absolute Gasteiger partial charge is 0.484 e. The number of amides is 1. The molecule has 0 saturated heterocycles. The van der Waals surface area contributed by atoms with E-state index in [1.165, 1.54) is 5.56 Å². The van der Waals surface area contributed by atoms with E-state index in [9.17, 15) is 4.79 Å². The number of hydrogen-bond acceptors (Lipinski definition) is 4. The zero-order valence-electron chi connectivity index (χ0n) is 15.5. The van der Waals surface area contributed by atoms with E-state index >= 15 is 0 Å². The molecule has 0 aliphatic heterocycles. The topological polar surface area (TPSA) is 68.5 Å². The summed E-state index contributed by atoms with van der Waals surface area (Å²) in [4.78, 5) is 11.8. The summed E-state index contributed by atoms with van der Waals surface area (Å²) in [6, 6.07) is 7.78. The third kappa shape index (κ3) is 5.17. The van der Waals surface area contributed by atoms with Crippen molar-refractivity contribution in [3.8, 4) is 5.75 Å². The lowest BCUT2D eigenvalue weighted by atomic mass is 9.87. The highest BCUT2D eigenvalue weighted by molar-refractivity contribution is 5.83. The molecule has 0 aliphatic carbocycles. The number of aryl methyl sites for hydroxylation is 1. The van der Waals surface area contributed by atoms with Crippen LogP contribution in [-0.4, -0.2) is 28.5 Å². The molecule has 0 bridgehead atoms. The fourth-order valence-corrected chi connectivity index (χ4v) is 2.31. The van der Waals surface area contributed by atoms with Gasteiger partial charge in [-0.15, -0.1) is 0 Å². The highest BCUT2D eigenvalue weighted by Crippen LogP contribution is 2.24. The Bertz CT molecular complexity index is 740. The maximum Gasteiger partial charge on any atom is 0.277 e. The van der Waals surface area contributed by atoms with Crippen molar-refractivity contribution in [1.82, 2.24) is 15.2 Å². The van der Waals surface area contributed by atoms with E-state index in [0.717, 1.165) is 17.8 Å². The molecule has 1 heterocycles. The van der Waals surface area contributed by atoms with Crippen molar-refractivity contribution >= 4 is 12.1 Å². The van der Waals surface area contributed by atoms with Gasteiger partial charge in [-0.25, -0.2) is 5.43 Å². The Hall–Kier alpha value is -2.63. The van der Waals surface area contributed by atoms with E-state index in [0.29, 0.717) is 5.75 Å². The van der Waals surface area contributed by atoms with Crippen molar-refractivity contribution in [2.75, 3.05) is 6.61 Å². The summed E-state index contributed by atoms with van der Waals surface area (Å²) < 4.78 is 7.35. The Morgan fingerprint density at radius 2 is 2.00 bits per heavy atom. The van der Waals surface area contributed by atoms with Crippen LogP contribution in [0.4, 0.5) is 0 Å². The molecular weight excluding hydrogens is 316 g/mol. The predicted molar refractivity (Wildman–Crippen MR) is 99.0 cm³/mol. The van der Waals surface area contributed by atoms with Gasteiger partial charge in [0.05, 0.1) is 12.4 Å². The van der Waals surface area contributed by atoms with Gasteiger partial charge in [0, 0.05) is 17.8 Å². The van der Waals surface area contributed by atoms with Crippen LogP contribution < -0.4 is 10.2 Å². The minimum Gasteiger partial charge on any atom is -0.484 e. The van der Waals surface area contributed by atoms with E-state index in [1.54, 1.807) is 12.4 Å². The number of benzene rings is 1. The standard InChI is InChI=1S/C19H26N4O2/c1-6-23-14(2)15(12-21-23)11-20-22-18(24)13-25-17-9-7-16(8-10-17)19(3,4)5/h7-12H,6,13H2,1-5H3,(H,22,24)/b20-11+. The van der Waals surface area contributed by atoms with E-state index in [2.05, 4.69) is 36.4 Å². The van der Waals surface area contributed by atoms with Crippen LogP contribution in [0.5, 0.6) is 5.75 Å². The van der Waals surface area contributed by atoms with Crippen molar-refractivity contribution in [1.29, 1.82) is 0 Å². The summed E-state index contributed by atoms with van der Waals surface area (Å²) in [6.45, 7) is 11.2. The highest BCUT2D eigenvalue weighted by Gasteiger charge is 2.13. The second-order valence-corrected chi connectivity index (χ2v) is 6.86. The fourth-order valence-electron chi connectivity index (χ4n) is 2.31. The number of hydrazone groups is 1. The Morgan fingerprint density at radius 3 is 2.56 bits per heavy atom. The highest BCUT2D eigenvalue weighted by atomic mass is 16.5. The molecule has 0 unspecified atom stereocenters. The molecule has 0 fully saturated rings. The van der Waals surface area contributed by atoms with Gasteiger partial charge in [0.2, 0.25) is 0 Å². The van der Waals surface area contributed by atoms with Crippen molar-refractivity contribution in [3.05, 3.63) is 47.3 Å². The molecule has 6 heteroatoms. The second kappa shape index (κ2) is 7.96. The van der Waals surface area contributed by atoms with Crippen LogP contribution in [0, 0.1) is 6.92 Å². The average Bonchev–Trinajstić information content (AvgIpc) is 2.93. The molecule has 1 amide bonds. The first-order valence-corrected chi connectivity index (χ1v) is 8.39. The van der Waals surface area contributed by atoms with Gasteiger partial charge >= 0.3 is 0 Å². The van der Waals surface area contributed by atoms with Crippen molar-refractivity contribution < 1.29 is 9.53 Å². The van der Waals surface area contributed by atoms with Gasteiger partial charge in [-0.2, -0.15) is 10.2 Å². The zero-order chi connectivity index (χ0) is 18.4. The third-order valence-electron chi connectivity index (χ3n) is 3.92. The van der Waals surface area contributed by atoms with E-state index in [4.69, 9.17) is 4.74 Å². The molecule has 2 aromatic rings. The number of rotatable bonds is 6. The van der Waals surface area contributed by atoms with Gasteiger partial charge in [0.1, 0.15) is 5.75 Å². The molecule has 134 valence electrons. The van der Waals surface area contributed by atoms with Gasteiger partial charge in [0.25, 0.3) is 5.91 Å². The maximum absolute atomic E-state index is 11.8. The summed E-state index contributed by atoms with van der Waals surface area (Å²) in [5.41, 5.74) is 5.66. The van der Waals surface area contributed by atoms with Crippen LogP contribution in [-0.2, 0) is 16.8 Å². The number of nitrogens with one attached hydrogen (secondary N) is 1. The molecule has 25 heavy (non-hydrogen) atoms. The normalized spacial score (nSPS) is 11.7. The lowest BCUT2D eigenvalue weighted by Crippen LogP contribution is -2.24. The smallest absolute Gasteiger partial charge is 0.277 e. The maximum atomic E-state index is 11.8. The minimum absolute atomic E-state index is 0.0839. The van der Waals surface area contributed by atoms with Crippen LogP contribution in [0.15, 0.2) is 35.6 Å². The van der Waals surface area contributed by atoms with E-state index in [1.807, 2.05) is 42.8 Å². The minimum atomic E-state index is -0.309. The Balaban J connectivity index is 1.82. The molecule has 0 atom stereocenters. The number of hydrogen-bond donors (Lipinski definition) is 1. The van der Waals surface area contributed by atoms with Gasteiger partial charge < -0.3 is 4.74 Å². The molecule has 1 N–H and O–H groups in total. The molecule has 0 aliphatic rings. The zero-order valence-corrected chi connectivity index (χ0v) is 15.5. The monoisotopic (exact) mass is 342 g/mol. The summed E-state index contributed by atoms with van der Waals surface area (Å²) in [6.07, 6.45) is 3.31. The lowest BCUT2D eigenvalue weighted by Gasteiger charge is -2.19. The molecule has 1 aromatic carbocycles. The number of aromatic nitrogens is 2. The second-order valence-electron chi connectivity index (χ2n) is 6.86. The van der Waals surface area contributed by atoms with Crippen LogP contribution in [0.2, 0.25) is 0 Å². The Morgan fingerprint density at radius 1 is 1.32 bits per heavy atom. The van der Waals surface area contributed by atoms with Crippen LogP contribution in [0.1, 0.15) is 44.5 Å². The lowest BCUT2D eigenvalue weighted by molar-refractivity contribution is -0.123. The Labute approximate surface area is 148 Å². The summed E-state index contributed by atoms with van der Waals surface area (Å²) in [7, 11) is 0. The van der Waals surface area contributed by atoms with Crippen LogP contribution in [0.3, 0.4) is 0 Å². The SMILES string of the molecule is CCn1ncc(/C=N/NC(=O)COc2ccc(C(C)(C)C)cc2)c1C. The average molecular weight is 342 g/mol. The number of carbonyl (C=O) groups is 1. The predicted octanol–water partition coefficient (Wildman–Crippen LogP) is 3.04. The van der Waals surface area contributed by atoms with Gasteiger partial charge in [0.15, 0.2) is 6.61 Å². The summed E-state index contributed by atoms with van der Waals surface area (Å²) in [5.74, 6) is 0.351. The third-order valence-corrected chi connectivity index (χ3v) is 3.92. The first-order chi connectivity index (χ1) is 11.8. The summed E-state index contributed by atoms with van der Waals surface area (Å²) in [5, 5.41) is 8.17. The number of nitrogens with zero attached hydrogens (tertiary/aromatic N) is 3.